The molecule has 1 unspecified atom stereocenters. The summed E-state index contributed by atoms with van der Waals surface area (Å²) in [4.78, 5) is 13.6. The summed E-state index contributed by atoms with van der Waals surface area (Å²) in [6, 6.07) is 0. The number of carbonyl (C=O) groups excluding carboxylic acids is 1. The van der Waals surface area contributed by atoms with Crippen LogP contribution >= 0.6 is 0 Å². The van der Waals surface area contributed by atoms with E-state index in [1.54, 1.807) is 0 Å². The van der Waals surface area contributed by atoms with Crippen molar-refractivity contribution in [2.24, 2.45) is 0 Å². The molecule has 0 aliphatic carbocycles. The topological polar surface area (TPSA) is 29.5 Å². The van der Waals surface area contributed by atoms with Crippen LogP contribution in [0.15, 0.2) is 0 Å². The Labute approximate surface area is 86.4 Å². The van der Waals surface area contributed by atoms with Crippen molar-refractivity contribution in [1.82, 2.24) is 4.90 Å². The SMILES string of the molecule is CCCC(=O)N1CCCCC1OCC. The van der Waals surface area contributed by atoms with Crippen LogP contribution in [0.2, 0.25) is 0 Å². The average Bonchev–Trinajstić information content (AvgIpc) is 2.19. The Bertz CT molecular complexity index is 180. The summed E-state index contributed by atoms with van der Waals surface area (Å²) in [5, 5.41) is 0. The van der Waals surface area contributed by atoms with E-state index in [1.165, 1.54) is 6.42 Å². The highest BCUT2D eigenvalue weighted by molar-refractivity contribution is 5.76. The van der Waals surface area contributed by atoms with Gasteiger partial charge in [0.15, 0.2) is 0 Å². The number of hydrogen-bond donors (Lipinski definition) is 0. The molecular formula is C11H21NO2. The van der Waals surface area contributed by atoms with Gasteiger partial charge in [0.2, 0.25) is 5.91 Å². The first-order valence-electron chi connectivity index (χ1n) is 5.70. The Morgan fingerprint density at radius 2 is 2.21 bits per heavy atom. The van der Waals surface area contributed by atoms with Crippen LogP contribution in [-0.4, -0.2) is 30.2 Å². The first-order valence-corrected chi connectivity index (χ1v) is 5.70. The summed E-state index contributed by atoms with van der Waals surface area (Å²) in [7, 11) is 0. The molecular weight excluding hydrogens is 178 g/mol. The molecule has 1 fully saturated rings. The van der Waals surface area contributed by atoms with Gasteiger partial charge in [-0.1, -0.05) is 6.92 Å². The van der Waals surface area contributed by atoms with Gasteiger partial charge in [-0.05, 0) is 32.6 Å². The van der Waals surface area contributed by atoms with Crippen molar-refractivity contribution < 1.29 is 9.53 Å². The molecule has 82 valence electrons. The molecule has 0 bridgehead atoms. The highest BCUT2D eigenvalue weighted by atomic mass is 16.5. The molecule has 1 amide bonds. The van der Waals surface area contributed by atoms with E-state index in [1.807, 2.05) is 18.7 Å². The normalized spacial score (nSPS) is 22.4. The summed E-state index contributed by atoms with van der Waals surface area (Å²) in [5.74, 6) is 0.255. The second-order valence-corrected chi connectivity index (χ2v) is 3.74. The lowest BCUT2D eigenvalue weighted by atomic mass is 10.1. The van der Waals surface area contributed by atoms with Crippen molar-refractivity contribution >= 4 is 5.91 Å². The Hall–Kier alpha value is -0.570. The van der Waals surface area contributed by atoms with Crippen LogP contribution < -0.4 is 0 Å². The number of piperidine rings is 1. The molecule has 0 aromatic heterocycles. The summed E-state index contributed by atoms with van der Waals surface area (Å²) in [6.07, 6.45) is 4.94. The van der Waals surface area contributed by atoms with Crippen LogP contribution in [0.25, 0.3) is 0 Å². The number of hydrogen-bond acceptors (Lipinski definition) is 2. The molecule has 1 saturated heterocycles. The maximum Gasteiger partial charge on any atom is 0.224 e. The van der Waals surface area contributed by atoms with E-state index in [0.29, 0.717) is 13.0 Å². The van der Waals surface area contributed by atoms with Crippen LogP contribution in [0.3, 0.4) is 0 Å². The molecule has 1 rings (SSSR count). The van der Waals surface area contributed by atoms with Crippen LogP contribution in [0, 0.1) is 0 Å². The quantitative estimate of drug-likeness (QED) is 0.694. The molecule has 0 spiro atoms. The molecule has 1 heterocycles. The summed E-state index contributed by atoms with van der Waals surface area (Å²) in [5.41, 5.74) is 0. The second-order valence-electron chi connectivity index (χ2n) is 3.74. The highest BCUT2D eigenvalue weighted by Crippen LogP contribution is 2.19. The number of likely N-dealkylation sites (tertiary alicyclic amines) is 1. The van der Waals surface area contributed by atoms with Crippen LogP contribution in [-0.2, 0) is 9.53 Å². The maximum absolute atomic E-state index is 11.7. The Morgan fingerprint density at radius 1 is 1.43 bits per heavy atom. The Morgan fingerprint density at radius 3 is 2.86 bits per heavy atom. The first-order chi connectivity index (χ1) is 6.79. The number of carbonyl (C=O) groups is 1. The van der Waals surface area contributed by atoms with Gasteiger partial charge in [-0.2, -0.15) is 0 Å². The van der Waals surface area contributed by atoms with Crippen LogP contribution in [0.1, 0.15) is 46.0 Å². The minimum atomic E-state index is 0.0489. The van der Waals surface area contributed by atoms with E-state index in [2.05, 4.69) is 0 Å². The van der Waals surface area contributed by atoms with Gasteiger partial charge in [0, 0.05) is 19.6 Å². The fourth-order valence-electron chi connectivity index (χ4n) is 1.91. The lowest BCUT2D eigenvalue weighted by Gasteiger charge is -2.35. The predicted molar refractivity (Wildman–Crippen MR) is 55.9 cm³/mol. The zero-order valence-electron chi connectivity index (χ0n) is 9.29. The fraction of sp³-hybridized carbons (Fsp3) is 0.909. The number of nitrogens with zero attached hydrogens (tertiary/aromatic N) is 1. The molecule has 0 aromatic rings. The molecule has 3 heteroatoms. The first kappa shape index (κ1) is 11.5. The third-order valence-corrected chi connectivity index (χ3v) is 2.59. The van der Waals surface area contributed by atoms with Crippen LogP contribution in [0.5, 0.6) is 0 Å². The molecule has 1 aliphatic rings. The van der Waals surface area contributed by atoms with Gasteiger partial charge in [0.05, 0.1) is 0 Å². The third-order valence-electron chi connectivity index (χ3n) is 2.59. The van der Waals surface area contributed by atoms with E-state index in [0.717, 1.165) is 25.8 Å². The smallest absolute Gasteiger partial charge is 0.224 e. The van der Waals surface area contributed by atoms with Crippen molar-refractivity contribution in [2.75, 3.05) is 13.2 Å². The van der Waals surface area contributed by atoms with Gasteiger partial charge < -0.3 is 9.64 Å². The fourth-order valence-corrected chi connectivity index (χ4v) is 1.91. The molecule has 1 atom stereocenters. The third kappa shape index (κ3) is 2.98. The van der Waals surface area contributed by atoms with Crippen molar-refractivity contribution in [2.45, 2.75) is 52.2 Å². The number of amides is 1. The molecule has 14 heavy (non-hydrogen) atoms. The number of rotatable bonds is 4. The summed E-state index contributed by atoms with van der Waals surface area (Å²) >= 11 is 0. The lowest BCUT2D eigenvalue weighted by molar-refractivity contribution is -0.150. The van der Waals surface area contributed by atoms with Crippen LogP contribution in [0.4, 0.5) is 0 Å². The minimum absolute atomic E-state index is 0.0489. The average molecular weight is 199 g/mol. The second kappa shape index (κ2) is 6.02. The van der Waals surface area contributed by atoms with Gasteiger partial charge in [-0.15, -0.1) is 0 Å². The van der Waals surface area contributed by atoms with Crippen molar-refractivity contribution in [3.8, 4) is 0 Å². The molecule has 0 saturated carbocycles. The van der Waals surface area contributed by atoms with E-state index < -0.39 is 0 Å². The van der Waals surface area contributed by atoms with Crippen molar-refractivity contribution in [3.63, 3.8) is 0 Å². The predicted octanol–water partition coefficient (Wildman–Crippen LogP) is 2.16. The maximum atomic E-state index is 11.7. The van der Waals surface area contributed by atoms with E-state index in [-0.39, 0.29) is 12.1 Å². The lowest BCUT2D eigenvalue weighted by Crippen LogP contribution is -2.45. The number of ether oxygens (including phenoxy) is 1. The van der Waals surface area contributed by atoms with Crippen molar-refractivity contribution in [1.29, 1.82) is 0 Å². The van der Waals surface area contributed by atoms with Gasteiger partial charge >= 0.3 is 0 Å². The Balaban J connectivity index is 2.48. The Kier molecular flexibility index (Phi) is 4.94. The zero-order valence-corrected chi connectivity index (χ0v) is 9.29. The zero-order chi connectivity index (χ0) is 10.4. The van der Waals surface area contributed by atoms with Gasteiger partial charge in [-0.25, -0.2) is 0 Å². The highest BCUT2D eigenvalue weighted by Gasteiger charge is 2.25. The molecule has 3 nitrogen and oxygen atoms in total. The van der Waals surface area contributed by atoms with Gasteiger partial charge in [-0.3, -0.25) is 4.79 Å². The van der Waals surface area contributed by atoms with Gasteiger partial charge in [0.1, 0.15) is 6.23 Å². The molecule has 0 radical (unpaired) electrons. The summed E-state index contributed by atoms with van der Waals surface area (Å²) < 4.78 is 5.57. The van der Waals surface area contributed by atoms with Gasteiger partial charge in [0.25, 0.3) is 0 Å². The molecule has 0 aromatic carbocycles. The van der Waals surface area contributed by atoms with E-state index >= 15 is 0 Å². The summed E-state index contributed by atoms with van der Waals surface area (Å²) in [6.45, 7) is 5.60. The largest absolute Gasteiger partial charge is 0.359 e. The molecule has 0 N–H and O–H groups in total. The van der Waals surface area contributed by atoms with Crippen molar-refractivity contribution in [3.05, 3.63) is 0 Å². The van der Waals surface area contributed by atoms with E-state index in [9.17, 15) is 4.79 Å². The minimum Gasteiger partial charge on any atom is -0.359 e. The van der Waals surface area contributed by atoms with E-state index in [4.69, 9.17) is 4.74 Å². The monoisotopic (exact) mass is 199 g/mol. The standard InChI is InChI=1S/C11H21NO2/c1-3-7-10(13)12-9-6-5-8-11(12)14-4-2/h11H,3-9H2,1-2H3. The molecule has 1 aliphatic heterocycles.